The highest BCUT2D eigenvalue weighted by atomic mass is 32.3. The van der Waals surface area contributed by atoms with E-state index in [1.54, 1.807) is 0 Å². The van der Waals surface area contributed by atoms with Crippen LogP contribution in [0.5, 0.6) is 5.75 Å². The van der Waals surface area contributed by atoms with E-state index in [-0.39, 0.29) is 12.4 Å². The topological polar surface area (TPSA) is 78.6 Å². The lowest BCUT2D eigenvalue weighted by atomic mass is 10.2. The molecule has 0 bridgehead atoms. The maximum Gasteiger partial charge on any atom is 0.488 e. The molecule has 0 aliphatic heterocycles. The number of halogens is 1. The van der Waals surface area contributed by atoms with Gasteiger partial charge in [0.1, 0.15) is 5.75 Å². The summed E-state index contributed by atoms with van der Waals surface area (Å²) in [6.07, 6.45) is 0. The van der Waals surface area contributed by atoms with E-state index in [0.717, 1.165) is 5.56 Å². The van der Waals surface area contributed by atoms with Crippen LogP contribution in [0.4, 0.5) is 3.89 Å². The molecule has 0 spiro atoms. The van der Waals surface area contributed by atoms with Gasteiger partial charge in [-0.15, -0.1) is 0 Å². The lowest BCUT2D eigenvalue weighted by Crippen LogP contribution is -2.02. The molecule has 0 aliphatic carbocycles. The average molecular weight is 221 g/mol. The molecule has 1 aromatic rings. The van der Waals surface area contributed by atoms with E-state index in [9.17, 15) is 12.3 Å². The van der Waals surface area contributed by atoms with Crippen molar-refractivity contribution in [2.45, 2.75) is 6.61 Å². The molecule has 14 heavy (non-hydrogen) atoms. The second kappa shape index (κ2) is 4.36. The lowest BCUT2D eigenvalue weighted by Gasteiger charge is -2.01. The molecular formula is C7H8FNO4S. The van der Waals surface area contributed by atoms with Gasteiger partial charge in [0.2, 0.25) is 0 Å². The van der Waals surface area contributed by atoms with E-state index in [2.05, 4.69) is 9.02 Å². The quantitative estimate of drug-likeness (QED) is 0.597. The third-order valence-corrected chi connectivity index (χ3v) is 1.76. The third kappa shape index (κ3) is 3.69. The standard InChI is InChI=1S/C7H8FNO4S/c8-14(10,11)13-7-3-1-6(2-4-7)5-12-9/h1-4H,5,9H2. The summed E-state index contributed by atoms with van der Waals surface area (Å²) in [6.45, 7) is 0.183. The van der Waals surface area contributed by atoms with Crippen molar-refractivity contribution in [3.05, 3.63) is 29.8 Å². The van der Waals surface area contributed by atoms with Crippen LogP contribution in [0, 0.1) is 0 Å². The number of hydrogen-bond acceptors (Lipinski definition) is 5. The molecule has 0 amide bonds. The van der Waals surface area contributed by atoms with Crippen LogP contribution in [0.2, 0.25) is 0 Å². The van der Waals surface area contributed by atoms with Gasteiger partial charge in [-0.05, 0) is 17.7 Å². The smallest absolute Gasteiger partial charge is 0.358 e. The zero-order valence-electron chi connectivity index (χ0n) is 7.01. The van der Waals surface area contributed by atoms with E-state index in [1.165, 1.54) is 24.3 Å². The predicted molar refractivity (Wildman–Crippen MR) is 46.1 cm³/mol. The summed E-state index contributed by atoms with van der Waals surface area (Å²) in [5.41, 5.74) is 0.719. The fraction of sp³-hybridized carbons (Fsp3) is 0.143. The summed E-state index contributed by atoms with van der Waals surface area (Å²) in [4.78, 5) is 4.34. The van der Waals surface area contributed by atoms with Crippen molar-refractivity contribution in [3.8, 4) is 5.75 Å². The molecule has 5 nitrogen and oxygen atoms in total. The Morgan fingerprint density at radius 2 is 1.86 bits per heavy atom. The van der Waals surface area contributed by atoms with Gasteiger partial charge in [-0.1, -0.05) is 16.0 Å². The van der Waals surface area contributed by atoms with Crippen molar-refractivity contribution in [3.63, 3.8) is 0 Å². The molecule has 0 radical (unpaired) electrons. The Labute approximate surface area is 80.6 Å². The zero-order chi connectivity index (χ0) is 10.6. The summed E-state index contributed by atoms with van der Waals surface area (Å²) >= 11 is 0. The van der Waals surface area contributed by atoms with Crippen molar-refractivity contribution >= 4 is 10.5 Å². The maximum absolute atomic E-state index is 12.0. The Balaban J connectivity index is 2.74. The van der Waals surface area contributed by atoms with Crippen LogP contribution >= 0.6 is 0 Å². The van der Waals surface area contributed by atoms with Crippen LogP contribution in [0.1, 0.15) is 5.56 Å². The first-order valence-electron chi connectivity index (χ1n) is 3.56. The SMILES string of the molecule is NOCc1ccc(OS(=O)(=O)F)cc1. The van der Waals surface area contributed by atoms with Crippen LogP contribution in [0.15, 0.2) is 24.3 Å². The largest absolute Gasteiger partial charge is 0.488 e. The molecule has 7 heteroatoms. The molecule has 0 saturated heterocycles. The minimum absolute atomic E-state index is 0.103. The van der Waals surface area contributed by atoms with E-state index >= 15 is 0 Å². The minimum atomic E-state index is -4.96. The fourth-order valence-corrected chi connectivity index (χ4v) is 1.19. The Morgan fingerprint density at radius 1 is 1.29 bits per heavy atom. The maximum atomic E-state index is 12.0. The molecule has 0 unspecified atom stereocenters. The van der Waals surface area contributed by atoms with Crippen molar-refractivity contribution < 1.29 is 21.3 Å². The van der Waals surface area contributed by atoms with Gasteiger partial charge < -0.3 is 4.18 Å². The fourth-order valence-electron chi connectivity index (χ4n) is 0.852. The van der Waals surface area contributed by atoms with Crippen molar-refractivity contribution in [2.75, 3.05) is 0 Å². The molecule has 1 rings (SSSR count). The molecule has 0 saturated carbocycles. The van der Waals surface area contributed by atoms with Crippen LogP contribution in [-0.2, 0) is 21.9 Å². The number of benzene rings is 1. The third-order valence-electron chi connectivity index (χ3n) is 1.37. The highest BCUT2D eigenvalue weighted by molar-refractivity contribution is 7.81. The number of hydrogen-bond donors (Lipinski definition) is 1. The van der Waals surface area contributed by atoms with Gasteiger partial charge >= 0.3 is 10.5 Å². The normalized spacial score (nSPS) is 11.3. The van der Waals surface area contributed by atoms with Gasteiger partial charge in [0.15, 0.2) is 0 Å². The molecule has 2 N–H and O–H groups in total. The summed E-state index contributed by atoms with van der Waals surface area (Å²) in [5.74, 6) is 4.71. The van der Waals surface area contributed by atoms with E-state index in [4.69, 9.17) is 5.90 Å². The Bertz CT molecular complexity index is 389. The Hall–Kier alpha value is -1.18. The van der Waals surface area contributed by atoms with Crippen LogP contribution in [-0.4, -0.2) is 8.42 Å². The Morgan fingerprint density at radius 3 is 2.29 bits per heavy atom. The van der Waals surface area contributed by atoms with E-state index in [1.807, 2.05) is 0 Å². The second-order valence-electron chi connectivity index (χ2n) is 2.43. The molecular weight excluding hydrogens is 213 g/mol. The molecule has 1 aromatic carbocycles. The van der Waals surface area contributed by atoms with Crippen LogP contribution in [0.25, 0.3) is 0 Å². The van der Waals surface area contributed by atoms with Gasteiger partial charge in [-0.2, -0.15) is 8.42 Å². The summed E-state index contributed by atoms with van der Waals surface area (Å²) < 4.78 is 36.2. The van der Waals surface area contributed by atoms with E-state index in [0.29, 0.717) is 0 Å². The van der Waals surface area contributed by atoms with E-state index < -0.39 is 10.5 Å². The van der Waals surface area contributed by atoms with Crippen LogP contribution in [0.3, 0.4) is 0 Å². The average Bonchev–Trinajstić information content (AvgIpc) is 2.06. The first kappa shape index (κ1) is 10.9. The summed E-state index contributed by atoms with van der Waals surface area (Å²) in [6, 6.07) is 5.61. The highest BCUT2D eigenvalue weighted by Crippen LogP contribution is 2.15. The summed E-state index contributed by atoms with van der Waals surface area (Å²) in [5, 5.41) is 0. The molecule has 0 aromatic heterocycles. The number of nitrogens with two attached hydrogens (primary N) is 1. The lowest BCUT2D eigenvalue weighted by molar-refractivity contribution is 0.124. The molecule has 0 aliphatic rings. The molecule has 78 valence electrons. The van der Waals surface area contributed by atoms with Gasteiger partial charge in [-0.25, -0.2) is 5.90 Å². The molecule has 0 atom stereocenters. The first-order chi connectivity index (χ1) is 6.51. The predicted octanol–water partition coefficient (Wildman–Crippen LogP) is 0.670. The summed E-state index contributed by atoms with van der Waals surface area (Å²) in [7, 11) is -4.96. The molecule has 0 fully saturated rings. The van der Waals surface area contributed by atoms with Gasteiger partial charge in [-0.3, -0.25) is 4.84 Å². The zero-order valence-corrected chi connectivity index (χ0v) is 7.83. The second-order valence-corrected chi connectivity index (χ2v) is 3.38. The van der Waals surface area contributed by atoms with Gasteiger partial charge in [0, 0.05) is 0 Å². The van der Waals surface area contributed by atoms with Crippen molar-refractivity contribution in [1.82, 2.24) is 0 Å². The van der Waals surface area contributed by atoms with Gasteiger partial charge in [0.05, 0.1) is 6.61 Å². The van der Waals surface area contributed by atoms with Crippen LogP contribution < -0.4 is 10.1 Å². The van der Waals surface area contributed by atoms with Crippen molar-refractivity contribution in [2.24, 2.45) is 5.90 Å². The minimum Gasteiger partial charge on any atom is -0.358 e. The van der Waals surface area contributed by atoms with Crippen molar-refractivity contribution in [1.29, 1.82) is 0 Å². The number of rotatable bonds is 4. The monoisotopic (exact) mass is 221 g/mol. The highest BCUT2D eigenvalue weighted by Gasteiger charge is 2.08. The Kier molecular flexibility index (Phi) is 3.39. The first-order valence-corrected chi connectivity index (χ1v) is 4.87. The molecule has 0 heterocycles. The van der Waals surface area contributed by atoms with Gasteiger partial charge in [0.25, 0.3) is 0 Å².